The number of carbonyl (C=O) groups excluding carboxylic acids is 1. The number of hydrogen-bond donors (Lipinski definition) is 0. The van der Waals surface area contributed by atoms with E-state index in [0.717, 1.165) is 12.1 Å². The number of carbonyl (C=O) groups is 1. The van der Waals surface area contributed by atoms with Gasteiger partial charge in [-0.2, -0.15) is 13.2 Å². The van der Waals surface area contributed by atoms with Crippen LogP contribution in [0.1, 0.15) is 15.9 Å². The van der Waals surface area contributed by atoms with Crippen LogP contribution in [0, 0.1) is 0 Å². The molecule has 5 heteroatoms. The Morgan fingerprint density at radius 3 is 2.20 bits per heavy atom. The summed E-state index contributed by atoms with van der Waals surface area (Å²) in [5.41, 5.74) is -0.389. The molecule has 0 aromatic heterocycles. The lowest BCUT2D eigenvalue weighted by molar-refractivity contribution is -0.137. The Morgan fingerprint density at radius 1 is 1.27 bits per heavy atom. The van der Waals surface area contributed by atoms with E-state index in [1.807, 2.05) is 6.82 Å². The molecule has 0 radical (unpaired) electrons. The van der Waals surface area contributed by atoms with Crippen LogP contribution in [0.25, 0.3) is 0 Å². The maximum absolute atomic E-state index is 12.2. The molecule has 0 unspecified atom stereocenters. The van der Waals surface area contributed by atoms with E-state index < -0.39 is 11.7 Å². The summed E-state index contributed by atoms with van der Waals surface area (Å²) < 4.78 is 36.6. The van der Waals surface area contributed by atoms with Crippen LogP contribution in [-0.4, -0.2) is 13.1 Å². The van der Waals surface area contributed by atoms with E-state index >= 15 is 0 Å². The van der Waals surface area contributed by atoms with Gasteiger partial charge >= 0.3 is 6.18 Å². The molecule has 1 rings (SSSR count). The van der Waals surface area contributed by atoms with E-state index in [1.165, 1.54) is 12.1 Å². The molecule has 0 fully saturated rings. The van der Waals surface area contributed by atoms with Crippen molar-refractivity contribution in [3.8, 4) is 0 Å². The van der Waals surface area contributed by atoms with E-state index in [9.17, 15) is 18.0 Å². The molecule has 0 atom stereocenters. The van der Waals surface area contributed by atoms with E-state index in [-0.39, 0.29) is 5.78 Å². The zero-order valence-corrected chi connectivity index (χ0v) is 8.27. The van der Waals surface area contributed by atoms with E-state index in [1.54, 1.807) is 0 Å². The van der Waals surface area contributed by atoms with Gasteiger partial charge in [0.05, 0.1) is 5.56 Å². The standard InChI is InChI=1S/C10H10BF3O/c1-11-6-9(15)7-2-4-8(5-3-7)10(12,13)14/h2-5,11H,6H2,1H3. The predicted octanol–water partition coefficient (Wildman–Crippen LogP) is 2.79. The van der Waals surface area contributed by atoms with Crippen LogP contribution < -0.4 is 0 Å². The smallest absolute Gasteiger partial charge is 0.295 e. The molecule has 0 aliphatic rings. The average Bonchev–Trinajstić information content (AvgIpc) is 2.17. The Kier molecular flexibility index (Phi) is 3.55. The molecule has 0 bridgehead atoms. The molecule has 1 aromatic carbocycles. The normalized spacial score (nSPS) is 11.2. The number of Topliss-reactive ketones (excluding diaryl/α,β-unsaturated/α-hetero) is 1. The summed E-state index contributed by atoms with van der Waals surface area (Å²) >= 11 is 0. The first-order valence-electron chi connectivity index (χ1n) is 4.65. The molecule has 80 valence electrons. The number of rotatable bonds is 3. The second-order valence-electron chi connectivity index (χ2n) is 3.25. The van der Waals surface area contributed by atoms with Gasteiger partial charge in [0.25, 0.3) is 0 Å². The lowest BCUT2D eigenvalue weighted by Crippen LogP contribution is -2.06. The van der Waals surface area contributed by atoms with Crippen LogP contribution >= 0.6 is 0 Å². The summed E-state index contributed by atoms with van der Waals surface area (Å²) in [5.74, 6) is -0.119. The summed E-state index contributed by atoms with van der Waals surface area (Å²) in [7, 11) is 0.694. The molecule has 0 amide bonds. The van der Waals surface area contributed by atoms with Crippen LogP contribution in [0.2, 0.25) is 13.1 Å². The van der Waals surface area contributed by atoms with Gasteiger partial charge in [0.1, 0.15) is 7.28 Å². The van der Waals surface area contributed by atoms with Crippen molar-refractivity contribution in [2.45, 2.75) is 19.3 Å². The van der Waals surface area contributed by atoms with Crippen LogP contribution in [0.3, 0.4) is 0 Å². The molecule has 0 saturated heterocycles. The van der Waals surface area contributed by atoms with Gasteiger partial charge in [0.2, 0.25) is 0 Å². The zero-order valence-electron chi connectivity index (χ0n) is 8.27. The van der Waals surface area contributed by atoms with Crippen molar-refractivity contribution in [1.29, 1.82) is 0 Å². The topological polar surface area (TPSA) is 17.1 Å². The molecule has 0 N–H and O–H groups in total. The van der Waals surface area contributed by atoms with Gasteiger partial charge in [-0.1, -0.05) is 19.0 Å². The van der Waals surface area contributed by atoms with Crippen molar-refractivity contribution in [2.24, 2.45) is 0 Å². The van der Waals surface area contributed by atoms with Gasteiger partial charge in [-0.05, 0) is 18.5 Å². The van der Waals surface area contributed by atoms with Crippen molar-refractivity contribution < 1.29 is 18.0 Å². The largest absolute Gasteiger partial charge is 0.416 e. The molecule has 0 spiro atoms. The van der Waals surface area contributed by atoms with Gasteiger partial charge in [-0.15, -0.1) is 0 Å². The number of ketones is 1. The Labute approximate surface area is 86.5 Å². The van der Waals surface area contributed by atoms with Gasteiger partial charge in [-0.25, -0.2) is 0 Å². The molecule has 0 saturated carbocycles. The van der Waals surface area contributed by atoms with Crippen molar-refractivity contribution >= 4 is 13.1 Å². The summed E-state index contributed by atoms with van der Waals surface area (Å²) in [4.78, 5) is 11.3. The first-order chi connectivity index (χ1) is 6.95. The van der Waals surface area contributed by atoms with E-state index in [0.29, 0.717) is 19.2 Å². The third-order valence-electron chi connectivity index (χ3n) is 2.01. The molecular formula is C10H10BF3O. The molecular weight excluding hydrogens is 204 g/mol. The summed E-state index contributed by atoms with van der Waals surface area (Å²) in [5, 5.41) is 0. The third-order valence-corrected chi connectivity index (χ3v) is 2.01. The summed E-state index contributed by atoms with van der Waals surface area (Å²) in [6.45, 7) is 1.85. The number of alkyl halides is 3. The van der Waals surface area contributed by atoms with Gasteiger partial charge in [-0.3, -0.25) is 4.79 Å². The van der Waals surface area contributed by atoms with Gasteiger partial charge in [0, 0.05) is 5.56 Å². The highest BCUT2D eigenvalue weighted by Crippen LogP contribution is 2.29. The fourth-order valence-corrected chi connectivity index (χ4v) is 1.22. The lowest BCUT2D eigenvalue weighted by Gasteiger charge is -2.06. The van der Waals surface area contributed by atoms with Crippen LogP contribution in [0.15, 0.2) is 24.3 Å². The fraction of sp³-hybridized carbons (Fsp3) is 0.300. The second-order valence-corrected chi connectivity index (χ2v) is 3.25. The van der Waals surface area contributed by atoms with Crippen molar-refractivity contribution in [3.05, 3.63) is 35.4 Å². The molecule has 0 aliphatic carbocycles. The van der Waals surface area contributed by atoms with Gasteiger partial charge < -0.3 is 0 Å². The Bertz CT molecular complexity index is 343. The minimum absolute atomic E-state index is 0.119. The fourth-order valence-electron chi connectivity index (χ4n) is 1.22. The molecule has 0 aliphatic heterocycles. The van der Waals surface area contributed by atoms with Crippen LogP contribution in [0.5, 0.6) is 0 Å². The zero-order chi connectivity index (χ0) is 11.5. The summed E-state index contributed by atoms with van der Waals surface area (Å²) in [6.07, 6.45) is -3.97. The monoisotopic (exact) mass is 214 g/mol. The first kappa shape index (κ1) is 11.8. The van der Waals surface area contributed by atoms with Crippen molar-refractivity contribution in [1.82, 2.24) is 0 Å². The maximum Gasteiger partial charge on any atom is 0.416 e. The highest BCUT2D eigenvalue weighted by atomic mass is 19.4. The number of benzene rings is 1. The molecule has 1 aromatic rings. The first-order valence-corrected chi connectivity index (χ1v) is 4.65. The quantitative estimate of drug-likeness (QED) is 0.558. The van der Waals surface area contributed by atoms with Gasteiger partial charge in [0.15, 0.2) is 5.78 Å². The number of hydrogen-bond acceptors (Lipinski definition) is 1. The molecule has 1 nitrogen and oxygen atoms in total. The Hall–Kier alpha value is -1.26. The molecule has 15 heavy (non-hydrogen) atoms. The van der Waals surface area contributed by atoms with Crippen molar-refractivity contribution in [3.63, 3.8) is 0 Å². The average molecular weight is 214 g/mol. The maximum atomic E-state index is 12.2. The van der Waals surface area contributed by atoms with Crippen LogP contribution in [0.4, 0.5) is 13.2 Å². The predicted molar refractivity (Wildman–Crippen MR) is 53.6 cm³/mol. The lowest BCUT2D eigenvalue weighted by atomic mass is 9.75. The van der Waals surface area contributed by atoms with Crippen LogP contribution in [-0.2, 0) is 6.18 Å². The third kappa shape index (κ3) is 3.11. The molecule has 0 heterocycles. The minimum Gasteiger partial charge on any atom is -0.295 e. The minimum atomic E-state index is -4.34. The SMILES string of the molecule is CBCC(=O)c1ccc(C(F)(F)F)cc1. The second kappa shape index (κ2) is 4.51. The van der Waals surface area contributed by atoms with Crippen molar-refractivity contribution in [2.75, 3.05) is 0 Å². The Morgan fingerprint density at radius 2 is 1.80 bits per heavy atom. The number of halogens is 3. The highest BCUT2D eigenvalue weighted by molar-refractivity contribution is 6.41. The Balaban J connectivity index is 2.86. The van der Waals surface area contributed by atoms with E-state index in [4.69, 9.17) is 0 Å². The van der Waals surface area contributed by atoms with E-state index in [2.05, 4.69) is 0 Å². The summed E-state index contributed by atoms with van der Waals surface area (Å²) in [6, 6.07) is 4.31. The highest BCUT2D eigenvalue weighted by Gasteiger charge is 2.30.